The van der Waals surface area contributed by atoms with E-state index < -0.39 is 5.41 Å². The summed E-state index contributed by atoms with van der Waals surface area (Å²) in [4.78, 5) is 38.2. The number of halogens is 1. The number of rotatable bonds is 5. The van der Waals surface area contributed by atoms with E-state index in [1.165, 1.54) is 0 Å². The molecule has 2 fully saturated rings. The molecule has 0 bridgehead atoms. The summed E-state index contributed by atoms with van der Waals surface area (Å²) in [6, 6.07) is 9.23. The molecule has 1 amide bonds. The predicted octanol–water partition coefficient (Wildman–Crippen LogP) is 3.22. The van der Waals surface area contributed by atoms with E-state index in [-0.39, 0.29) is 18.5 Å². The van der Waals surface area contributed by atoms with Gasteiger partial charge < -0.3 is 14.5 Å². The number of carbonyl (C=O) groups excluding carboxylic acids is 2. The Morgan fingerprint density at radius 3 is 2.39 bits per heavy atom. The Kier molecular flexibility index (Phi) is 6.70. The smallest absolute Gasteiger partial charge is 0.317 e. The molecule has 8 heteroatoms. The number of amides is 1. The van der Waals surface area contributed by atoms with Crippen molar-refractivity contribution in [3.8, 4) is 0 Å². The molecule has 4 rings (SSSR count). The Morgan fingerprint density at radius 1 is 1.00 bits per heavy atom. The number of esters is 1. The van der Waals surface area contributed by atoms with Gasteiger partial charge in [0, 0.05) is 43.6 Å². The highest BCUT2D eigenvalue weighted by Gasteiger charge is 2.43. The van der Waals surface area contributed by atoms with Gasteiger partial charge in [-0.25, -0.2) is 9.97 Å². The van der Waals surface area contributed by atoms with Gasteiger partial charge in [0.1, 0.15) is 0 Å². The van der Waals surface area contributed by atoms with E-state index >= 15 is 0 Å². The van der Waals surface area contributed by atoms with Gasteiger partial charge in [0.05, 0.1) is 5.41 Å². The Morgan fingerprint density at radius 2 is 1.71 bits per heavy atom. The van der Waals surface area contributed by atoms with E-state index in [1.807, 2.05) is 23.1 Å². The highest BCUT2D eigenvalue weighted by Crippen LogP contribution is 2.41. The SMILES string of the molecule is O=C(COC(=O)C1(c2cccc(Cl)c2)CCCCC1)N1CCN(c2ncccn2)CC1. The minimum atomic E-state index is -0.716. The quantitative estimate of drug-likeness (QED) is 0.662. The van der Waals surface area contributed by atoms with Crippen LogP contribution in [0.5, 0.6) is 0 Å². The van der Waals surface area contributed by atoms with Gasteiger partial charge in [-0.1, -0.05) is 43.0 Å². The van der Waals surface area contributed by atoms with Gasteiger partial charge in [0.25, 0.3) is 5.91 Å². The lowest BCUT2D eigenvalue weighted by Crippen LogP contribution is -2.50. The van der Waals surface area contributed by atoms with Gasteiger partial charge in [-0.15, -0.1) is 0 Å². The third-order valence-electron chi connectivity index (χ3n) is 6.27. The highest BCUT2D eigenvalue weighted by molar-refractivity contribution is 6.30. The topological polar surface area (TPSA) is 75.6 Å². The molecule has 1 aliphatic carbocycles. The number of aromatic nitrogens is 2. The maximum absolute atomic E-state index is 13.2. The van der Waals surface area contributed by atoms with Gasteiger partial charge in [-0.3, -0.25) is 9.59 Å². The number of benzene rings is 1. The summed E-state index contributed by atoms with van der Waals surface area (Å²) in [6.45, 7) is 2.16. The molecule has 1 aliphatic heterocycles. The van der Waals surface area contributed by atoms with Crippen LogP contribution in [0.3, 0.4) is 0 Å². The van der Waals surface area contributed by atoms with Crippen molar-refractivity contribution >= 4 is 29.4 Å². The molecule has 0 radical (unpaired) electrons. The molecule has 0 spiro atoms. The summed E-state index contributed by atoms with van der Waals surface area (Å²) in [7, 11) is 0. The van der Waals surface area contributed by atoms with Crippen molar-refractivity contribution in [3.05, 3.63) is 53.3 Å². The second kappa shape index (κ2) is 9.64. The Bertz CT molecular complexity index is 910. The maximum Gasteiger partial charge on any atom is 0.317 e. The monoisotopic (exact) mass is 442 g/mol. The predicted molar refractivity (Wildman–Crippen MR) is 118 cm³/mol. The van der Waals surface area contributed by atoms with Crippen LogP contribution in [0.1, 0.15) is 37.7 Å². The number of anilines is 1. The van der Waals surface area contributed by atoms with E-state index in [1.54, 1.807) is 29.4 Å². The average Bonchev–Trinajstić information content (AvgIpc) is 2.83. The minimum absolute atomic E-state index is 0.168. The van der Waals surface area contributed by atoms with Crippen molar-refractivity contribution in [2.24, 2.45) is 0 Å². The van der Waals surface area contributed by atoms with Crippen LogP contribution in [0.15, 0.2) is 42.7 Å². The van der Waals surface area contributed by atoms with Crippen molar-refractivity contribution < 1.29 is 14.3 Å². The van der Waals surface area contributed by atoms with Crippen LogP contribution in [-0.2, 0) is 19.7 Å². The van der Waals surface area contributed by atoms with Crippen molar-refractivity contribution in [2.75, 3.05) is 37.7 Å². The summed E-state index contributed by atoms with van der Waals surface area (Å²) in [5.41, 5.74) is 0.167. The van der Waals surface area contributed by atoms with E-state index in [9.17, 15) is 9.59 Å². The van der Waals surface area contributed by atoms with E-state index in [0.29, 0.717) is 37.1 Å². The minimum Gasteiger partial charge on any atom is -0.455 e. The molecule has 2 aliphatic rings. The maximum atomic E-state index is 13.2. The van der Waals surface area contributed by atoms with Crippen LogP contribution in [-0.4, -0.2) is 59.5 Å². The number of hydrogen-bond acceptors (Lipinski definition) is 6. The zero-order chi connectivity index (χ0) is 21.7. The molecule has 0 atom stereocenters. The standard InChI is InChI=1S/C23H27ClN4O3/c24-19-7-4-6-18(16-19)23(8-2-1-3-9-23)21(30)31-17-20(29)27-12-14-28(15-13-27)22-25-10-5-11-26-22/h4-7,10-11,16H,1-3,8-9,12-15,17H2. The molecular formula is C23H27ClN4O3. The number of hydrogen-bond donors (Lipinski definition) is 0. The summed E-state index contributed by atoms with van der Waals surface area (Å²) in [5.74, 6) is 0.181. The second-order valence-corrected chi connectivity index (χ2v) is 8.58. The van der Waals surface area contributed by atoms with Crippen molar-refractivity contribution in [1.29, 1.82) is 0 Å². The Hall–Kier alpha value is -2.67. The summed E-state index contributed by atoms with van der Waals surface area (Å²) in [5, 5.41) is 0.603. The zero-order valence-electron chi connectivity index (χ0n) is 17.5. The number of piperazine rings is 1. The largest absolute Gasteiger partial charge is 0.455 e. The number of ether oxygens (including phenoxy) is 1. The molecule has 7 nitrogen and oxygen atoms in total. The van der Waals surface area contributed by atoms with Crippen LogP contribution < -0.4 is 4.90 Å². The third kappa shape index (κ3) is 4.82. The molecule has 2 aromatic rings. The molecule has 0 N–H and O–H groups in total. The van der Waals surface area contributed by atoms with Crippen LogP contribution >= 0.6 is 11.6 Å². The van der Waals surface area contributed by atoms with Gasteiger partial charge in [-0.2, -0.15) is 0 Å². The second-order valence-electron chi connectivity index (χ2n) is 8.15. The van der Waals surface area contributed by atoms with Crippen LogP contribution in [0, 0.1) is 0 Å². The molecule has 31 heavy (non-hydrogen) atoms. The lowest BCUT2D eigenvalue weighted by atomic mass is 9.69. The first-order valence-corrected chi connectivity index (χ1v) is 11.2. The molecule has 1 saturated carbocycles. The summed E-state index contributed by atoms with van der Waals surface area (Å²) in [6.07, 6.45) is 7.87. The van der Waals surface area contributed by atoms with E-state index in [4.69, 9.17) is 16.3 Å². The number of carbonyl (C=O) groups is 2. The highest BCUT2D eigenvalue weighted by atomic mass is 35.5. The van der Waals surface area contributed by atoms with Gasteiger partial charge in [0.15, 0.2) is 6.61 Å². The first kappa shape index (κ1) is 21.6. The van der Waals surface area contributed by atoms with Gasteiger partial charge >= 0.3 is 5.97 Å². The normalized spacial score (nSPS) is 18.5. The molecule has 1 aromatic heterocycles. The van der Waals surface area contributed by atoms with Crippen LogP contribution in [0.25, 0.3) is 0 Å². The molecule has 1 saturated heterocycles. The Labute approximate surface area is 187 Å². The van der Waals surface area contributed by atoms with Crippen molar-refractivity contribution in [1.82, 2.24) is 14.9 Å². The van der Waals surface area contributed by atoms with E-state index in [0.717, 1.165) is 37.7 Å². The fourth-order valence-electron chi connectivity index (χ4n) is 4.52. The first-order chi connectivity index (χ1) is 15.1. The Balaban J connectivity index is 1.35. The van der Waals surface area contributed by atoms with Crippen molar-refractivity contribution in [2.45, 2.75) is 37.5 Å². The fourth-order valence-corrected chi connectivity index (χ4v) is 4.71. The van der Waals surface area contributed by atoms with Gasteiger partial charge in [-0.05, 0) is 36.6 Å². The average molecular weight is 443 g/mol. The molecule has 164 valence electrons. The number of nitrogens with zero attached hydrogens (tertiary/aromatic N) is 4. The molecule has 1 aromatic carbocycles. The lowest BCUT2D eigenvalue weighted by Gasteiger charge is -2.36. The lowest BCUT2D eigenvalue weighted by molar-refractivity contribution is -0.158. The molecule has 2 heterocycles. The molecule has 0 unspecified atom stereocenters. The van der Waals surface area contributed by atoms with Crippen LogP contribution in [0.4, 0.5) is 5.95 Å². The summed E-state index contributed by atoms with van der Waals surface area (Å²) >= 11 is 6.19. The fraction of sp³-hybridized carbons (Fsp3) is 0.478. The van der Waals surface area contributed by atoms with Gasteiger partial charge in [0.2, 0.25) is 5.95 Å². The van der Waals surface area contributed by atoms with Crippen LogP contribution in [0.2, 0.25) is 5.02 Å². The molecular weight excluding hydrogens is 416 g/mol. The third-order valence-corrected chi connectivity index (χ3v) is 6.50. The zero-order valence-corrected chi connectivity index (χ0v) is 18.3. The van der Waals surface area contributed by atoms with E-state index in [2.05, 4.69) is 9.97 Å². The van der Waals surface area contributed by atoms with Crippen molar-refractivity contribution in [3.63, 3.8) is 0 Å². The summed E-state index contributed by atoms with van der Waals surface area (Å²) < 4.78 is 5.59. The first-order valence-electron chi connectivity index (χ1n) is 10.8.